The van der Waals surface area contributed by atoms with Gasteiger partial charge in [-0.1, -0.05) is 13.0 Å². The molecule has 22 heavy (non-hydrogen) atoms. The van der Waals surface area contributed by atoms with Crippen molar-refractivity contribution in [1.29, 1.82) is 0 Å². The van der Waals surface area contributed by atoms with E-state index >= 15 is 0 Å². The summed E-state index contributed by atoms with van der Waals surface area (Å²) < 4.78 is 0. The van der Waals surface area contributed by atoms with E-state index in [-0.39, 0.29) is 24.5 Å². The van der Waals surface area contributed by atoms with E-state index in [0.29, 0.717) is 23.7 Å². The Morgan fingerprint density at radius 3 is 2.77 bits per heavy atom. The number of aliphatic hydroxyl groups is 1. The van der Waals surface area contributed by atoms with Crippen molar-refractivity contribution in [1.82, 2.24) is 4.90 Å². The van der Waals surface area contributed by atoms with Gasteiger partial charge in [-0.15, -0.1) is 0 Å². The van der Waals surface area contributed by atoms with Crippen LogP contribution in [-0.4, -0.2) is 41.0 Å². The van der Waals surface area contributed by atoms with Gasteiger partial charge in [0.05, 0.1) is 12.6 Å². The summed E-state index contributed by atoms with van der Waals surface area (Å²) in [5, 5.41) is 12.3. The lowest BCUT2D eigenvalue weighted by Crippen LogP contribution is -2.49. The molecule has 2 unspecified atom stereocenters. The van der Waals surface area contributed by atoms with E-state index in [1.807, 2.05) is 13.0 Å². The minimum Gasteiger partial charge on any atom is -0.394 e. The molecule has 0 aromatic heterocycles. The summed E-state index contributed by atoms with van der Waals surface area (Å²) in [6, 6.07) is 5.19. The average molecular weight is 304 g/mol. The molecule has 0 bridgehead atoms. The molecule has 1 aromatic rings. The van der Waals surface area contributed by atoms with Crippen LogP contribution >= 0.6 is 0 Å². The third-order valence-corrected chi connectivity index (χ3v) is 4.36. The summed E-state index contributed by atoms with van der Waals surface area (Å²) >= 11 is 0. The zero-order valence-corrected chi connectivity index (χ0v) is 13.4. The van der Waals surface area contributed by atoms with Gasteiger partial charge in [0.25, 0.3) is 5.91 Å². The molecule has 5 nitrogen and oxygen atoms in total. The molecule has 1 heterocycles. The summed E-state index contributed by atoms with van der Waals surface area (Å²) in [7, 11) is 0. The van der Waals surface area contributed by atoms with Crippen LogP contribution in [0.4, 0.5) is 5.69 Å². The molecule has 120 valence electrons. The van der Waals surface area contributed by atoms with Crippen molar-refractivity contribution in [2.45, 2.75) is 39.7 Å². The lowest BCUT2D eigenvalue weighted by atomic mass is 9.90. The van der Waals surface area contributed by atoms with Gasteiger partial charge in [-0.05, 0) is 43.4 Å². The van der Waals surface area contributed by atoms with Crippen LogP contribution < -0.4 is 5.32 Å². The van der Waals surface area contributed by atoms with E-state index in [1.54, 1.807) is 17.0 Å². The number of nitrogens with zero attached hydrogens (tertiary/aromatic N) is 1. The van der Waals surface area contributed by atoms with E-state index < -0.39 is 0 Å². The fourth-order valence-corrected chi connectivity index (χ4v) is 3.02. The first-order valence-electron chi connectivity index (χ1n) is 7.74. The molecule has 2 N–H and O–H groups in total. The lowest BCUT2D eigenvalue weighted by Gasteiger charge is -2.39. The van der Waals surface area contributed by atoms with Gasteiger partial charge in [-0.3, -0.25) is 9.59 Å². The SMILES string of the molecule is CC(=O)Nc1cc(C(=O)N2CCCC(C)C2CO)ccc1C. The number of benzene rings is 1. The van der Waals surface area contributed by atoms with Gasteiger partial charge in [0, 0.05) is 24.7 Å². The minimum atomic E-state index is -0.160. The number of likely N-dealkylation sites (tertiary alicyclic amines) is 1. The van der Waals surface area contributed by atoms with Crippen LogP contribution in [0.25, 0.3) is 0 Å². The first kappa shape index (κ1) is 16.5. The van der Waals surface area contributed by atoms with Crippen molar-refractivity contribution in [3.8, 4) is 0 Å². The predicted octanol–water partition coefficient (Wildman–Crippen LogP) is 2.19. The van der Waals surface area contributed by atoms with Crippen molar-refractivity contribution in [2.24, 2.45) is 5.92 Å². The highest BCUT2D eigenvalue weighted by Gasteiger charge is 2.31. The number of aliphatic hydroxyl groups excluding tert-OH is 1. The third kappa shape index (κ3) is 3.47. The van der Waals surface area contributed by atoms with Crippen LogP contribution in [0.15, 0.2) is 18.2 Å². The fraction of sp³-hybridized carbons (Fsp3) is 0.529. The zero-order chi connectivity index (χ0) is 16.3. The summed E-state index contributed by atoms with van der Waals surface area (Å²) in [6.45, 7) is 6.05. The molecule has 5 heteroatoms. The number of rotatable bonds is 3. The number of aryl methyl sites for hydroxylation is 1. The molecule has 1 saturated heterocycles. The van der Waals surface area contributed by atoms with Crippen LogP contribution in [0.3, 0.4) is 0 Å². The number of nitrogens with one attached hydrogen (secondary N) is 1. The molecule has 0 aliphatic carbocycles. The number of carbonyl (C=O) groups excluding carboxylic acids is 2. The Bertz CT molecular complexity index is 571. The van der Waals surface area contributed by atoms with Gasteiger partial charge in [-0.25, -0.2) is 0 Å². The van der Waals surface area contributed by atoms with E-state index in [0.717, 1.165) is 18.4 Å². The van der Waals surface area contributed by atoms with Gasteiger partial charge >= 0.3 is 0 Å². The molecule has 1 aliphatic rings. The van der Waals surface area contributed by atoms with Crippen LogP contribution in [0, 0.1) is 12.8 Å². The quantitative estimate of drug-likeness (QED) is 0.899. The highest BCUT2D eigenvalue weighted by atomic mass is 16.3. The number of hydrogen-bond acceptors (Lipinski definition) is 3. The van der Waals surface area contributed by atoms with Gasteiger partial charge in [0.1, 0.15) is 0 Å². The maximum atomic E-state index is 12.8. The highest BCUT2D eigenvalue weighted by molar-refractivity contribution is 5.97. The Morgan fingerprint density at radius 1 is 1.41 bits per heavy atom. The number of carbonyl (C=O) groups is 2. The summed E-state index contributed by atoms with van der Waals surface area (Å²) in [5.41, 5.74) is 2.11. The van der Waals surface area contributed by atoms with E-state index in [1.165, 1.54) is 6.92 Å². The average Bonchev–Trinajstić information content (AvgIpc) is 2.48. The number of amides is 2. The van der Waals surface area contributed by atoms with Crippen molar-refractivity contribution >= 4 is 17.5 Å². The Balaban J connectivity index is 2.26. The standard InChI is InChI=1S/C17H24N2O3/c1-11-6-7-14(9-15(11)18-13(3)21)17(22)19-8-4-5-12(2)16(19)10-20/h6-7,9,12,16,20H,4-5,8,10H2,1-3H3,(H,18,21). The predicted molar refractivity (Wildman–Crippen MR) is 85.8 cm³/mol. The van der Waals surface area contributed by atoms with Crippen LogP contribution in [-0.2, 0) is 4.79 Å². The molecule has 1 aromatic carbocycles. The van der Waals surface area contributed by atoms with E-state index in [2.05, 4.69) is 12.2 Å². The molecule has 2 amide bonds. The topological polar surface area (TPSA) is 69.6 Å². The number of anilines is 1. The van der Waals surface area contributed by atoms with Crippen molar-refractivity contribution in [3.63, 3.8) is 0 Å². The number of piperidine rings is 1. The molecule has 2 atom stereocenters. The first-order chi connectivity index (χ1) is 10.4. The maximum absolute atomic E-state index is 12.8. The molecule has 2 rings (SSSR count). The Kier molecular flexibility index (Phi) is 5.19. The summed E-state index contributed by atoms with van der Waals surface area (Å²) in [5.74, 6) is 0.0488. The van der Waals surface area contributed by atoms with Crippen LogP contribution in [0.1, 0.15) is 42.6 Å². The van der Waals surface area contributed by atoms with Gasteiger partial charge < -0.3 is 15.3 Å². The van der Waals surface area contributed by atoms with Crippen molar-refractivity contribution in [2.75, 3.05) is 18.5 Å². The molecule has 1 aliphatic heterocycles. The maximum Gasteiger partial charge on any atom is 0.254 e. The molecule has 0 spiro atoms. The first-order valence-corrected chi connectivity index (χ1v) is 7.74. The van der Waals surface area contributed by atoms with E-state index in [9.17, 15) is 14.7 Å². The second-order valence-electron chi connectivity index (χ2n) is 6.08. The van der Waals surface area contributed by atoms with Crippen LogP contribution in [0.5, 0.6) is 0 Å². The zero-order valence-electron chi connectivity index (χ0n) is 13.4. The fourth-order valence-electron chi connectivity index (χ4n) is 3.02. The van der Waals surface area contributed by atoms with Gasteiger partial charge in [0.15, 0.2) is 0 Å². The third-order valence-electron chi connectivity index (χ3n) is 4.36. The normalized spacial score (nSPS) is 21.5. The Morgan fingerprint density at radius 2 is 2.14 bits per heavy atom. The monoisotopic (exact) mass is 304 g/mol. The number of hydrogen-bond donors (Lipinski definition) is 2. The largest absolute Gasteiger partial charge is 0.394 e. The van der Waals surface area contributed by atoms with Crippen molar-refractivity contribution < 1.29 is 14.7 Å². The lowest BCUT2D eigenvalue weighted by molar-refractivity contribution is -0.114. The summed E-state index contributed by atoms with van der Waals surface area (Å²) in [6.07, 6.45) is 1.98. The van der Waals surface area contributed by atoms with Crippen molar-refractivity contribution in [3.05, 3.63) is 29.3 Å². The molecule has 1 fully saturated rings. The summed E-state index contributed by atoms with van der Waals surface area (Å²) in [4.78, 5) is 25.8. The molecular formula is C17H24N2O3. The van der Waals surface area contributed by atoms with Gasteiger partial charge in [-0.2, -0.15) is 0 Å². The second kappa shape index (κ2) is 6.92. The van der Waals surface area contributed by atoms with Crippen LogP contribution in [0.2, 0.25) is 0 Å². The Hall–Kier alpha value is -1.88. The molecule has 0 radical (unpaired) electrons. The minimum absolute atomic E-state index is 0.0165. The van der Waals surface area contributed by atoms with Gasteiger partial charge in [0.2, 0.25) is 5.91 Å². The Labute approximate surface area is 131 Å². The molecule has 0 saturated carbocycles. The second-order valence-corrected chi connectivity index (χ2v) is 6.08. The smallest absolute Gasteiger partial charge is 0.254 e. The molecular weight excluding hydrogens is 280 g/mol. The van der Waals surface area contributed by atoms with E-state index in [4.69, 9.17) is 0 Å². The highest BCUT2D eigenvalue weighted by Crippen LogP contribution is 2.26.